The van der Waals surface area contributed by atoms with E-state index in [9.17, 15) is 4.79 Å². The molecule has 0 aromatic heterocycles. The highest BCUT2D eigenvalue weighted by molar-refractivity contribution is 6.05. The van der Waals surface area contributed by atoms with Gasteiger partial charge in [-0.15, -0.1) is 0 Å². The summed E-state index contributed by atoms with van der Waals surface area (Å²) in [5.41, 5.74) is 1.82. The molecule has 0 fully saturated rings. The van der Waals surface area contributed by atoms with Crippen LogP contribution in [-0.4, -0.2) is 5.78 Å². The molecule has 0 aliphatic heterocycles. The van der Waals surface area contributed by atoms with E-state index in [0.29, 0.717) is 0 Å². The van der Waals surface area contributed by atoms with Crippen LogP contribution in [0.5, 0.6) is 0 Å². The Hall–Kier alpha value is -1.63. The van der Waals surface area contributed by atoms with Crippen LogP contribution in [0.15, 0.2) is 48.1 Å². The van der Waals surface area contributed by atoms with Gasteiger partial charge < -0.3 is 0 Å². The fourth-order valence-electron chi connectivity index (χ4n) is 1.01. The van der Waals surface area contributed by atoms with E-state index in [2.05, 4.69) is 0 Å². The molecule has 0 aliphatic carbocycles. The van der Waals surface area contributed by atoms with Crippen molar-refractivity contribution < 1.29 is 4.79 Å². The smallest absolute Gasteiger partial charge is 0.181 e. The van der Waals surface area contributed by atoms with E-state index < -0.39 is 0 Å². The zero-order chi connectivity index (χ0) is 10.4. The Morgan fingerprint density at radius 2 is 1.86 bits per heavy atom. The predicted molar refractivity (Wildman–Crippen MR) is 59.9 cm³/mol. The second-order valence-electron chi connectivity index (χ2n) is 3.08. The maximum Gasteiger partial charge on any atom is 0.181 e. The van der Waals surface area contributed by atoms with Gasteiger partial charge in [0.2, 0.25) is 0 Å². The number of hydrogen-bond acceptors (Lipinski definition) is 1. The second kappa shape index (κ2) is 5.18. The number of allylic oxidation sites excluding steroid dienone is 3. The van der Waals surface area contributed by atoms with E-state index >= 15 is 0 Å². The molecule has 1 rings (SSSR count). The standard InChI is InChI=1S/C13H14O/c1-3-11(2)13(14)10-9-12-7-5-4-6-8-12/h3-10H,1-2H3/b10-9+,11-3?. The lowest BCUT2D eigenvalue weighted by molar-refractivity contribution is -0.111. The molecule has 0 unspecified atom stereocenters. The summed E-state index contributed by atoms with van der Waals surface area (Å²) in [6.07, 6.45) is 5.25. The molecule has 14 heavy (non-hydrogen) atoms. The molecule has 1 aromatic carbocycles. The summed E-state index contributed by atoms with van der Waals surface area (Å²) in [5, 5.41) is 0. The molecule has 1 aromatic rings. The van der Waals surface area contributed by atoms with Crippen LogP contribution in [0.2, 0.25) is 0 Å². The average molecular weight is 186 g/mol. The summed E-state index contributed by atoms with van der Waals surface area (Å²) in [5.74, 6) is 0.0661. The van der Waals surface area contributed by atoms with Gasteiger partial charge in [-0.25, -0.2) is 0 Å². The van der Waals surface area contributed by atoms with Gasteiger partial charge in [-0.2, -0.15) is 0 Å². The first kappa shape index (κ1) is 10.5. The van der Waals surface area contributed by atoms with Crippen LogP contribution in [0, 0.1) is 0 Å². The Bertz CT molecular complexity index is 358. The number of rotatable bonds is 3. The molecule has 72 valence electrons. The van der Waals surface area contributed by atoms with E-state index in [1.165, 1.54) is 0 Å². The fourth-order valence-corrected chi connectivity index (χ4v) is 1.01. The van der Waals surface area contributed by atoms with Crippen LogP contribution in [0.25, 0.3) is 6.08 Å². The summed E-state index contributed by atoms with van der Waals surface area (Å²) in [4.78, 5) is 11.4. The third-order valence-electron chi connectivity index (χ3n) is 2.05. The van der Waals surface area contributed by atoms with E-state index in [0.717, 1.165) is 11.1 Å². The van der Waals surface area contributed by atoms with Crippen molar-refractivity contribution in [2.75, 3.05) is 0 Å². The topological polar surface area (TPSA) is 17.1 Å². The van der Waals surface area contributed by atoms with Gasteiger partial charge in [0.05, 0.1) is 0 Å². The van der Waals surface area contributed by atoms with Gasteiger partial charge in [0.25, 0.3) is 0 Å². The molecule has 0 amide bonds. The number of ketones is 1. The molecule has 0 aliphatic rings. The molecule has 1 heteroatoms. The Morgan fingerprint density at radius 3 is 2.43 bits per heavy atom. The first-order valence-electron chi connectivity index (χ1n) is 4.64. The maximum atomic E-state index is 11.4. The van der Waals surface area contributed by atoms with Crippen LogP contribution >= 0.6 is 0 Å². The van der Waals surface area contributed by atoms with Gasteiger partial charge in [-0.3, -0.25) is 4.79 Å². The normalized spacial score (nSPS) is 12.0. The number of benzene rings is 1. The lowest BCUT2D eigenvalue weighted by Gasteiger charge is -1.93. The highest BCUT2D eigenvalue weighted by atomic mass is 16.1. The summed E-state index contributed by atoms with van der Waals surface area (Å²) in [7, 11) is 0. The van der Waals surface area contributed by atoms with Crippen molar-refractivity contribution in [2.45, 2.75) is 13.8 Å². The summed E-state index contributed by atoms with van der Waals surface area (Å²) in [6, 6.07) is 9.79. The average Bonchev–Trinajstić information content (AvgIpc) is 2.26. The number of carbonyl (C=O) groups is 1. The molecule has 0 heterocycles. The highest BCUT2D eigenvalue weighted by Gasteiger charge is 1.96. The quantitative estimate of drug-likeness (QED) is 0.662. The van der Waals surface area contributed by atoms with Crippen LogP contribution in [0.4, 0.5) is 0 Å². The largest absolute Gasteiger partial charge is 0.290 e. The summed E-state index contributed by atoms with van der Waals surface area (Å²) >= 11 is 0. The molecule has 0 N–H and O–H groups in total. The minimum atomic E-state index is 0.0661. The van der Waals surface area contributed by atoms with Crippen LogP contribution in [-0.2, 0) is 4.79 Å². The molecule has 1 nitrogen and oxygen atoms in total. The van der Waals surface area contributed by atoms with Crippen molar-refractivity contribution in [1.82, 2.24) is 0 Å². The molecule has 0 radical (unpaired) electrons. The van der Waals surface area contributed by atoms with Crippen LogP contribution in [0.1, 0.15) is 19.4 Å². The minimum Gasteiger partial charge on any atom is -0.290 e. The summed E-state index contributed by atoms with van der Waals surface area (Å²) in [6.45, 7) is 3.68. The fraction of sp³-hybridized carbons (Fsp3) is 0.154. The van der Waals surface area contributed by atoms with Gasteiger partial charge >= 0.3 is 0 Å². The van der Waals surface area contributed by atoms with Gasteiger partial charge in [-0.1, -0.05) is 42.5 Å². The summed E-state index contributed by atoms with van der Waals surface area (Å²) < 4.78 is 0. The monoisotopic (exact) mass is 186 g/mol. The first-order chi connectivity index (χ1) is 6.74. The van der Waals surface area contributed by atoms with Gasteiger partial charge in [0.15, 0.2) is 5.78 Å². The van der Waals surface area contributed by atoms with Crippen molar-refractivity contribution in [3.8, 4) is 0 Å². The molecular formula is C13H14O. The minimum absolute atomic E-state index is 0.0661. The third kappa shape index (κ3) is 3.02. The zero-order valence-electron chi connectivity index (χ0n) is 8.53. The molecular weight excluding hydrogens is 172 g/mol. The molecule has 0 saturated carbocycles. The van der Waals surface area contributed by atoms with E-state index in [1.54, 1.807) is 6.08 Å². The molecule has 0 spiro atoms. The Morgan fingerprint density at radius 1 is 1.21 bits per heavy atom. The lowest BCUT2D eigenvalue weighted by atomic mass is 10.1. The zero-order valence-corrected chi connectivity index (χ0v) is 8.53. The van der Waals surface area contributed by atoms with Crippen LogP contribution < -0.4 is 0 Å². The van der Waals surface area contributed by atoms with Crippen molar-refractivity contribution in [3.05, 3.63) is 53.6 Å². The molecule has 0 bridgehead atoms. The number of carbonyl (C=O) groups excluding carboxylic acids is 1. The first-order valence-corrected chi connectivity index (χ1v) is 4.64. The Balaban J connectivity index is 2.70. The Kier molecular flexibility index (Phi) is 3.86. The lowest BCUT2D eigenvalue weighted by Crippen LogP contribution is -1.92. The third-order valence-corrected chi connectivity index (χ3v) is 2.05. The van der Waals surface area contributed by atoms with Crippen molar-refractivity contribution in [1.29, 1.82) is 0 Å². The van der Waals surface area contributed by atoms with Gasteiger partial charge in [0, 0.05) is 0 Å². The number of hydrogen-bond donors (Lipinski definition) is 0. The van der Waals surface area contributed by atoms with E-state index in [1.807, 2.05) is 56.3 Å². The van der Waals surface area contributed by atoms with Crippen molar-refractivity contribution in [3.63, 3.8) is 0 Å². The van der Waals surface area contributed by atoms with Gasteiger partial charge in [-0.05, 0) is 31.1 Å². The highest BCUT2D eigenvalue weighted by Crippen LogP contribution is 2.03. The van der Waals surface area contributed by atoms with E-state index in [4.69, 9.17) is 0 Å². The van der Waals surface area contributed by atoms with Crippen molar-refractivity contribution >= 4 is 11.9 Å². The SMILES string of the molecule is CC=C(C)C(=O)/C=C/c1ccccc1. The second-order valence-corrected chi connectivity index (χ2v) is 3.08. The van der Waals surface area contributed by atoms with Crippen LogP contribution in [0.3, 0.4) is 0 Å². The maximum absolute atomic E-state index is 11.4. The van der Waals surface area contributed by atoms with Crippen molar-refractivity contribution in [2.24, 2.45) is 0 Å². The molecule has 0 atom stereocenters. The van der Waals surface area contributed by atoms with E-state index in [-0.39, 0.29) is 5.78 Å². The Labute approximate surface area is 84.8 Å². The molecule has 0 saturated heterocycles. The van der Waals surface area contributed by atoms with Gasteiger partial charge in [0.1, 0.15) is 0 Å². The predicted octanol–water partition coefficient (Wildman–Crippen LogP) is 3.24.